The van der Waals surface area contributed by atoms with E-state index >= 15 is 0 Å². The number of rotatable bonds is 5. The molecule has 3 nitrogen and oxygen atoms in total. The molecule has 0 heterocycles. The van der Waals surface area contributed by atoms with Crippen molar-refractivity contribution in [1.29, 1.82) is 0 Å². The minimum Gasteiger partial charge on any atom is -0.480 e. The molecule has 0 aliphatic heterocycles. The molecule has 0 aliphatic carbocycles. The van der Waals surface area contributed by atoms with Crippen LogP contribution in [-0.4, -0.2) is 16.6 Å². The third kappa shape index (κ3) is 2.21. The van der Waals surface area contributed by atoms with Crippen LogP contribution in [0.1, 0.15) is 40.5 Å². The van der Waals surface area contributed by atoms with Crippen molar-refractivity contribution in [3.05, 3.63) is 0 Å². The third-order valence-electron chi connectivity index (χ3n) is 2.99. The van der Waals surface area contributed by atoms with Crippen molar-refractivity contribution >= 4 is 5.97 Å². The van der Waals surface area contributed by atoms with Crippen LogP contribution in [0, 0.1) is 11.8 Å². The van der Waals surface area contributed by atoms with E-state index in [1.165, 1.54) is 0 Å². The predicted octanol–water partition coefficient (Wildman–Crippen LogP) is 1.86. The monoisotopic (exact) mass is 187 g/mol. The summed E-state index contributed by atoms with van der Waals surface area (Å²) < 4.78 is 0. The zero-order valence-corrected chi connectivity index (χ0v) is 9.00. The van der Waals surface area contributed by atoms with Gasteiger partial charge in [0.25, 0.3) is 0 Å². The molecule has 1 atom stereocenters. The van der Waals surface area contributed by atoms with Gasteiger partial charge in [0.05, 0.1) is 0 Å². The van der Waals surface area contributed by atoms with E-state index in [0.717, 1.165) is 12.8 Å². The normalized spacial score (nSPS) is 16.2. The number of hydrogen-bond donors (Lipinski definition) is 2. The highest BCUT2D eigenvalue weighted by Crippen LogP contribution is 2.29. The predicted molar refractivity (Wildman–Crippen MR) is 53.5 cm³/mol. The smallest absolute Gasteiger partial charge is 0.324 e. The fourth-order valence-electron chi connectivity index (χ4n) is 1.86. The first-order valence-corrected chi connectivity index (χ1v) is 4.93. The van der Waals surface area contributed by atoms with E-state index < -0.39 is 11.5 Å². The summed E-state index contributed by atoms with van der Waals surface area (Å²) in [6, 6.07) is 0. The average molecular weight is 187 g/mol. The van der Waals surface area contributed by atoms with Crippen LogP contribution in [0.25, 0.3) is 0 Å². The molecule has 0 aromatic heterocycles. The summed E-state index contributed by atoms with van der Waals surface area (Å²) in [6.07, 6.45) is 1.63. The largest absolute Gasteiger partial charge is 0.480 e. The van der Waals surface area contributed by atoms with Crippen molar-refractivity contribution in [3.63, 3.8) is 0 Å². The number of carbonyl (C=O) groups is 1. The zero-order valence-electron chi connectivity index (χ0n) is 9.00. The molecule has 0 spiro atoms. The van der Waals surface area contributed by atoms with Gasteiger partial charge in [-0.25, -0.2) is 0 Å². The molecule has 0 bridgehead atoms. The number of aliphatic carboxylic acids is 1. The molecule has 0 radical (unpaired) electrons. The summed E-state index contributed by atoms with van der Waals surface area (Å²) in [5, 5.41) is 9.11. The summed E-state index contributed by atoms with van der Waals surface area (Å²) in [4.78, 5) is 11.1. The van der Waals surface area contributed by atoms with Gasteiger partial charge in [0.15, 0.2) is 0 Å². The highest BCUT2D eigenvalue weighted by atomic mass is 16.4. The van der Waals surface area contributed by atoms with E-state index in [4.69, 9.17) is 10.8 Å². The molecule has 3 N–H and O–H groups in total. The van der Waals surface area contributed by atoms with Gasteiger partial charge in [-0.05, 0) is 11.8 Å². The van der Waals surface area contributed by atoms with Gasteiger partial charge in [-0.15, -0.1) is 0 Å². The van der Waals surface area contributed by atoms with Gasteiger partial charge in [-0.1, -0.05) is 40.5 Å². The van der Waals surface area contributed by atoms with E-state index in [2.05, 4.69) is 0 Å². The highest BCUT2D eigenvalue weighted by Gasteiger charge is 2.43. The molecule has 0 saturated carbocycles. The topological polar surface area (TPSA) is 63.3 Å². The maximum atomic E-state index is 11.1. The van der Waals surface area contributed by atoms with Crippen LogP contribution in [0.15, 0.2) is 0 Å². The SMILES string of the molecule is CCC(CC)C(N)(C(=O)O)C(C)C. The van der Waals surface area contributed by atoms with Crippen LogP contribution in [0.4, 0.5) is 0 Å². The maximum Gasteiger partial charge on any atom is 0.324 e. The molecule has 1 unspecified atom stereocenters. The highest BCUT2D eigenvalue weighted by molar-refractivity contribution is 5.79. The Balaban J connectivity index is 4.86. The van der Waals surface area contributed by atoms with Crippen molar-refractivity contribution in [3.8, 4) is 0 Å². The summed E-state index contributed by atoms with van der Waals surface area (Å²) >= 11 is 0. The fraction of sp³-hybridized carbons (Fsp3) is 0.900. The molecule has 0 aromatic carbocycles. The van der Waals surface area contributed by atoms with Gasteiger partial charge >= 0.3 is 5.97 Å². The van der Waals surface area contributed by atoms with Crippen molar-refractivity contribution in [1.82, 2.24) is 0 Å². The fourth-order valence-corrected chi connectivity index (χ4v) is 1.86. The maximum absolute atomic E-state index is 11.1. The van der Waals surface area contributed by atoms with Gasteiger partial charge in [-0.3, -0.25) is 4.79 Å². The first-order valence-electron chi connectivity index (χ1n) is 4.93. The molecular weight excluding hydrogens is 166 g/mol. The molecule has 0 aliphatic rings. The van der Waals surface area contributed by atoms with Gasteiger partial charge in [0.1, 0.15) is 5.54 Å². The van der Waals surface area contributed by atoms with E-state index in [-0.39, 0.29) is 11.8 Å². The van der Waals surface area contributed by atoms with Crippen LogP contribution >= 0.6 is 0 Å². The molecule has 3 heteroatoms. The van der Waals surface area contributed by atoms with Crippen LogP contribution in [-0.2, 0) is 4.79 Å². The van der Waals surface area contributed by atoms with Crippen LogP contribution in [0.5, 0.6) is 0 Å². The Labute approximate surface area is 80.3 Å². The number of nitrogens with two attached hydrogens (primary N) is 1. The lowest BCUT2D eigenvalue weighted by Gasteiger charge is -2.36. The lowest BCUT2D eigenvalue weighted by molar-refractivity contribution is -0.148. The first kappa shape index (κ1) is 12.4. The second-order valence-electron chi connectivity index (χ2n) is 3.91. The minimum atomic E-state index is -1.07. The van der Waals surface area contributed by atoms with Gasteiger partial charge in [-0.2, -0.15) is 0 Å². The molecule has 13 heavy (non-hydrogen) atoms. The second kappa shape index (κ2) is 4.61. The summed E-state index contributed by atoms with van der Waals surface area (Å²) in [5.41, 5.74) is 4.88. The third-order valence-corrected chi connectivity index (χ3v) is 2.99. The van der Waals surface area contributed by atoms with Gasteiger partial charge < -0.3 is 10.8 Å². The van der Waals surface area contributed by atoms with Crippen molar-refractivity contribution < 1.29 is 9.90 Å². The molecule has 0 fully saturated rings. The average Bonchev–Trinajstić information content (AvgIpc) is 2.05. The summed E-state index contributed by atoms with van der Waals surface area (Å²) in [6.45, 7) is 7.71. The number of hydrogen-bond acceptors (Lipinski definition) is 2. The molecule has 0 saturated heterocycles. The number of carboxylic acids is 1. The Hall–Kier alpha value is -0.570. The summed E-state index contributed by atoms with van der Waals surface area (Å²) in [7, 11) is 0. The summed E-state index contributed by atoms with van der Waals surface area (Å²) in [5.74, 6) is -0.851. The van der Waals surface area contributed by atoms with E-state index in [9.17, 15) is 4.79 Å². The Bertz CT molecular complexity index is 176. The Morgan fingerprint density at radius 2 is 1.77 bits per heavy atom. The quantitative estimate of drug-likeness (QED) is 0.690. The molecule has 0 aromatic rings. The van der Waals surface area contributed by atoms with E-state index in [1.54, 1.807) is 0 Å². The molecule has 0 amide bonds. The lowest BCUT2D eigenvalue weighted by Crippen LogP contribution is -2.57. The Morgan fingerprint density at radius 3 is 1.85 bits per heavy atom. The number of carboxylic acid groups (broad SMARTS) is 1. The van der Waals surface area contributed by atoms with E-state index in [1.807, 2.05) is 27.7 Å². The minimum absolute atomic E-state index is 0.0325. The van der Waals surface area contributed by atoms with Crippen LogP contribution < -0.4 is 5.73 Å². The standard InChI is InChI=1S/C10H21NO2/c1-5-8(6-2)10(11,7(3)4)9(12)13/h7-8H,5-6,11H2,1-4H3,(H,12,13). The Kier molecular flexibility index (Phi) is 4.40. The molecule has 78 valence electrons. The van der Waals surface area contributed by atoms with Crippen molar-refractivity contribution in [2.45, 2.75) is 46.1 Å². The van der Waals surface area contributed by atoms with Gasteiger partial charge in [0.2, 0.25) is 0 Å². The molecular formula is C10H21NO2. The molecule has 0 rings (SSSR count). The van der Waals surface area contributed by atoms with Crippen molar-refractivity contribution in [2.75, 3.05) is 0 Å². The van der Waals surface area contributed by atoms with E-state index in [0.29, 0.717) is 0 Å². The Morgan fingerprint density at radius 1 is 1.38 bits per heavy atom. The second-order valence-corrected chi connectivity index (χ2v) is 3.91. The van der Waals surface area contributed by atoms with Crippen LogP contribution in [0.2, 0.25) is 0 Å². The first-order chi connectivity index (χ1) is 5.91. The lowest BCUT2D eigenvalue weighted by atomic mass is 9.73. The van der Waals surface area contributed by atoms with Gasteiger partial charge in [0, 0.05) is 0 Å². The van der Waals surface area contributed by atoms with Crippen LogP contribution in [0.3, 0.4) is 0 Å². The zero-order chi connectivity index (χ0) is 10.6. The van der Waals surface area contributed by atoms with Crippen molar-refractivity contribution in [2.24, 2.45) is 17.6 Å².